The van der Waals surface area contributed by atoms with Crippen LogP contribution in [0.4, 0.5) is 0 Å². The molecule has 0 amide bonds. The molecule has 150 valence electrons. The number of rotatable bonds is 8. The lowest BCUT2D eigenvalue weighted by Crippen LogP contribution is -2.19. The summed E-state index contributed by atoms with van der Waals surface area (Å²) >= 11 is 0. The predicted molar refractivity (Wildman–Crippen MR) is 117 cm³/mol. The Balaban J connectivity index is -0.000000285. The fraction of sp³-hybridized carbons (Fsp3) is 1.00. The van der Waals surface area contributed by atoms with Crippen molar-refractivity contribution in [2.45, 2.75) is 134 Å². The van der Waals surface area contributed by atoms with Gasteiger partial charge in [0, 0.05) is 0 Å². The Bertz CT molecular complexity index is 225. The summed E-state index contributed by atoms with van der Waals surface area (Å²) in [5.74, 6) is 1.81. The van der Waals surface area contributed by atoms with Gasteiger partial charge in [-0.15, -0.1) is 0 Å². The van der Waals surface area contributed by atoms with Gasteiger partial charge >= 0.3 is 0 Å². The van der Waals surface area contributed by atoms with Gasteiger partial charge in [0.15, 0.2) is 0 Å². The summed E-state index contributed by atoms with van der Waals surface area (Å²) in [4.78, 5) is 0. The molecule has 0 aromatic heterocycles. The van der Waals surface area contributed by atoms with Gasteiger partial charge < -0.3 is 0 Å². The van der Waals surface area contributed by atoms with Crippen LogP contribution in [0.2, 0.25) is 0 Å². The highest BCUT2D eigenvalue weighted by atomic mass is 14.3. The topological polar surface area (TPSA) is 0 Å². The molecular formula is C24H54. The van der Waals surface area contributed by atoms with E-state index in [1.54, 1.807) is 0 Å². The van der Waals surface area contributed by atoms with Crippen molar-refractivity contribution in [1.29, 1.82) is 0 Å². The van der Waals surface area contributed by atoms with Crippen LogP contribution in [0.25, 0.3) is 0 Å². The van der Waals surface area contributed by atoms with Crippen molar-refractivity contribution in [3.8, 4) is 0 Å². The molecule has 0 aromatic rings. The molecule has 1 atom stereocenters. The lowest BCUT2D eigenvalue weighted by molar-refractivity contribution is 0.206. The molecule has 0 fully saturated rings. The van der Waals surface area contributed by atoms with Crippen LogP contribution in [0.5, 0.6) is 0 Å². The molecular weight excluding hydrogens is 288 g/mol. The van der Waals surface area contributed by atoms with Crippen molar-refractivity contribution in [3.05, 3.63) is 0 Å². The molecule has 0 N–H and O–H groups in total. The largest absolute Gasteiger partial charge is 0.0654 e. The third kappa shape index (κ3) is 29.9. The second-order valence-corrected chi connectivity index (χ2v) is 10.1. The van der Waals surface area contributed by atoms with Crippen molar-refractivity contribution in [2.75, 3.05) is 0 Å². The van der Waals surface area contributed by atoms with Crippen LogP contribution in [0.3, 0.4) is 0 Å². The maximum atomic E-state index is 2.35. The SMILES string of the molecule is CCC(C)(C)CC(C)(C)C.CCC(C)CC(C)C.CCCCCC. The van der Waals surface area contributed by atoms with Crippen LogP contribution in [-0.2, 0) is 0 Å². The maximum absolute atomic E-state index is 2.35. The summed E-state index contributed by atoms with van der Waals surface area (Å²) < 4.78 is 0. The van der Waals surface area contributed by atoms with Gasteiger partial charge in [0.05, 0.1) is 0 Å². The molecule has 24 heavy (non-hydrogen) atoms. The first kappa shape index (κ1) is 28.8. The first-order valence-electron chi connectivity index (χ1n) is 10.8. The molecule has 0 heteroatoms. The highest BCUT2D eigenvalue weighted by molar-refractivity contribution is 4.74. The van der Waals surface area contributed by atoms with Gasteiger partial charge in [-0.2, -0.15) is 0 Å². The molecule has 0 nitrogen and oxygen atoms in total. The maximum Gasteiger partial charge on any atom is -0.0352 e. The van der Waals surface area contributed by atoms with E-state index in [1.165, 1.54) is 51.4 Å². The summed E-state index contributed by atoms with van der Waals surface area (Å²) in [6.45, 7) is 27.5. The van der Waals surface area contributed by atoms with Crippen molar-refractivity contribution in [3.63, 3.8) is 0 Å². The minimum atomic E-state index is 0.486. The molecule has 0 aromatic carbocycles. The molecule has 0 saturated carbocycles. The first-order valence-corrected chi connectivity index (χ1v) is 10.8. The van der Waals surface area contributed by atoms with E-state index in [-0.39, 0.29) is 0 Å². The van der Waals surface area contributed by atoms with Crippen molar-refractivity contribution >= 4 is 0 Å². The third-order valence-electron chi connectivity index (χ3n) is 4.49. The summed E-state index contributed by atoms with van der Waals surface area (Å²) in [6.07, 6.45) is 10.9. The molecule has 0 heterocycles. The van der Waals surface area contributed by atoms with E-state index in [4.69, 9.17) is 0 Å². The second-order valence-electron chi connectivity index (χ2n) is 10.1. The zero-order chi connectivity index (χ0) is 19.8. The molecule has 0 aliphatic heterocycles. The van der Waals surface area contributed by atoms with Gasteiger partial charge in [-0.05, 0) is 35.5 Å². The molecule has 0 bridgehead atoms. The Kier molecular flexibility index (Phi) is 19.8. The van der Waals surface area contributed by atoms with Gasteiger partial charge in [-0.25, -0.2) is 0 Å². The Hall–Kier alpha value is 0. The van der Waals surface area contributed by atoms with Crippen LogP contribution in [0.15, 0.2) is 0 Å². The molecule has 0 rings (SSSR count). The van der Waals surface area contributed by atoms with Gasteiger partial charge in [-0.1, -0.05) is 122 Å². The zero-order valence-electron chi connectivity index (χ0n) is 19.8. The Morgan fingerprint density at radius 1 is 0.708 bits per heavy atom. The fourth-order valence-corrected chi connectivity index (χ4v) is 3.03. The van der Waals surface area contributed by atoms with Crippen LogP contribution in [0.1, 0.15) is 134 Å². The predicted octanol–water partition coefficient (Wildman–Crippen LogP) is 9.52. The van der Waals surface area contributed by atoms with Crippen molar-refractivity contribution < 1.29 is 0 Å². The van der Waals surface area contributed by atoms with E-state index in [0.29, 0.717) is 10.8 Å². The fourth-order valence-electron chi connectivity index (χ4n) is 3.03. The number of hydrogen-bond donors (Lipinski definition) is 0. The van der Waals surface area contributed by atoms with E-state index < -0.39 is 0 Å². The van der Waals surface area contributed by atoms with Crippen LogP contribution in [0, 0.1) is 22.7 Å². The molecule has 0 aliphatic rings. The third-order valence-corrected chi connectivity index (χ3v) is 4.49. The molecule has 0 aliphatic carbocycles. The highest BCUT2D eigenvalue weighted by Gasteiger charge is 2.23. The van der Waals surface area contributed by atoms with Gasteiger partial charge in [0.1, 0.15) is 0 Å². The molecule has 0 saturated heterocycles. The molecule has 0 radical (unpaired) electrons. The van der Waals surface area contributed by atoms with Crippen molar-refractivity contribution in [2.24, 2.45) is 22.7 Å². The van der Waals surface area contributed by atoms with E-state index in [0.717, 1.165) is 11.8 Å². The Morgan fingerprint density at radius 3 is 1.25 bits per heavy atom. The normalized spacial score (nSPS) is 12.9. The quantitative estimate of drug-likeness (QED) is 0.385. The van der Waals surface area contributed by atoms with E-state index in [9.17, 15) is 0 Å². The van der Waals surface area contributed by atoms with Gasteiger partial charge in [0.2, 0.25) is 0 Å². The number of hydrogen-bond acceptors (Lipinski definition) is 0. The lowest BCUT2D eigenvalue weighted by Gasteiger charge is -2.31. The van der Waals surface area contributed by atoms with Gasteiger partial charge in [0.25, 0.3) is 0 Å². The summed E-state index contributed by atoms with van der Waals surface area (Å²) in [6, 6.07) is 0. The van der Waals surface area contributed by atoms with E-state index in [1.807, 2.05) is 0 Å². The average Bonchev–Trinajstić information content (AvgIpc) is 2.43. The van der Waals surface area contributed by atoms with Crippen LogP contribution in [-0.4, -0.2) is 0 Å². The Labute approximate surface area is 157 Å². The van der Waals surface area contributed by atoms with Crippen LogP contribution < -0.4 is 0 Å². The minimum absolute atomic E-state index is 0.486. The smallest absolute Gasteiger partial charge is 0.0352 e. The van der Waals surface area contributed by atoms with E-state index in [2.05, 4.69) is 83.1 Å². The van der Waals surface area contributed by atoms with Crippen LogP contribution >= 0.6 is 0 Å². The number of unbranched alkanes of at least 4 members (excludes halogenated alkanes) is 3. The summed E-state index contributed by atoms with van der Waals surface area (Å²) in [5.41, 5.74) is 1.01. The summed E-state index contributed by atoms with van der Waals surface area (Å²) in [5, 5.41) is 0. The molecule has 1 unspecified atom stereocenters. The lowest BCUT2D eigenvalue weighted by atomic mass is 9.75. The Morgan fingerprint density at radius 2 is 1.12 bits per heavy atom. The zero-order valence-corrected chi connectivity index (χ0v) is 19.8. The first-order chi connectivity index (χ1) is 10.8. The standard InChI is InChI=1S/C10H22.C8H18.C6H14/c1-7-10(5,6)8-9(2,3)4;1-5-8(4)6-7(2)3;1-3-5-6-4-2/h7-8H2,1-6H3;7-8H,5-6H2,1-4H3;3-6H2,1-2H3. The highest BCUT2D eigenvalue weighted by Crippen LogP contribution is 2.35. The van der Waals surface area contributed by atoms with Crippen molar-refractivity contribution in [1.82, 2.24) is 0 Å². The monoisotopic (exact) mass is 342 g/mol. The van der Waals surface area contributed by atoms with E-state index >= 15 is 0 Å². The second kappa shape index (κ2) is 16.5. The minimum Gasteiger partial charge on any atom is -0.0654 e. The van der Waals surface area contributed by atoms with Gasteiger partial charge in [-0.3, -0.25) is 0 Å². The molecule has 0 spiro atoms. The average molecular weight is 343 g/mol. The summed E-state index contributed by atoms with van der Waals surface area (Å²) in [7, 11) is 0.